The van der Waals surface area contributed by atoms with Gasteiger partial charge in [-0.05, 0) is 35.9 Å². The number of benzene rings is 2. The second-order valence-corrected chi connectivity index (χ2v) is 7.12. The van der Waals surface area contributed by atoms with Crippen LogP contribution in [0.5, 0.6) is 0 Å². The van der Waals surface area contributed by atoms with Crippen molar-refractivity contribution in [3.8, 4) is 0 Å². The minimum absolute atomic E-state index is 0.212. The fourth-order valence-electron chi connectivity index (χ4n) is 3.40. The number of hydrogen-bond donors (Lipinski definition) is 1. The van der Waals surface area contributed by atoms with E-state index in [9.17, 15) is 9.18 Å². The molecule has 154 valence electrons. The van der Waals surface area contributed by atoms with Gasteiger partial charge in [0.2, 0.25) is 5.78 Å². The maximum Gasteiger partial charge on any atom is 0.251 e. The standard InChI is InChI=1S/C23H18FN5O2/c24-18-5-2-1-4-15(18)13-21-28-19-7-6-16(12-20(19)31-21)22(30)25-10-8-17-14-29-11-3-9-26-23(29)27-17/h1-7,9,11-12,14H,8,10,13H2,(H,25,30). The quantitative estimate of drug-likeness (QED) is 0.458. The zero-order valence-electron chi connectivity index (χ0n) is 16.5. The molecule has 5 aromatic rings. The molecule has 1 N–H and O–H groups in total. The summed E-state index contributed by atoms with van der Waals surface area (Å²) in [5.41, 5.74) is 2.94. The van der Waals surface area contributed by atoms with E-state index in [0.717, 1.165) is 5.69 Å². The first kappa shape index (κ1) is 18.9. The van der Waals surface area contributed by atoms with Crippen LogP contribution in [0.25, 0.3) is 16.9 Å². The van der Waals surface area contributed by atoms with Gasteiger partial charge in [-0.1, -0.05) is 18.2 Å². The molecule has 8 heteroatoms. The van der Waals surface area contributed by atoms with Crippen LogP contribution in [0, 0.1) is 5.82 Å². The van der Waals surface area contributed by atoms with Crippen molar-refractivity contribution < 1.29 is 13.6 Å². The van der Waals surface area contributed by atoms with Crippen molar-refractivity contribution in [2.75, 3.05) is 6.54 Å². The van der Waals surface area contributed by atoms with Gasteiger partial charge in [-0.25, -0.2) is 19.3 Å². The van der Waals surface area contributed by atoms with E-state index in [4.69, 9.17) is 4.42 Å². The van der Waals surface area contributed by atoms with Crippen LogP contribution in [-0.2, 0) is 12.8 Å². The maximum atomic E-state index is 13.9. The van der Waals surface area contributed by atoms with Crippen LogP contribution in [0.1, 0.15) is 27.5 Å². The van der Waals surface area contributed by atoms with Crippen LogP contribution in [0.15, 0.2) is 71.5 Å². The minimum atomic E-state index is -0.300. The third kappa shape index (κ3) is 4.00. The van der Waals surface area contributed by atoms with E-state index in [0.29, 0.717) is 46.9 Å². The van der Waals surface area contributed by atoms with Gasteiger partial charge in [0.1, 0.15) is 11.3 Å². The third-order valence-electron chi connectivity index (χ3n) is 4.95. The van der Waals surface area contributed by atoms with Crippen molar-refractivity contribution in [3.63, 3.8) is 0 Å². The molecular formula is C23H18FN5O2. The molecular weight excluding hydrogens is 397 g/mol. The predicted molar refractivity (Wildman–Crippen MR) is 112 cm³/mol. The van der Waals surface area contributed by atoms with Gasteiger partial charge in [-0.3, -0.25) is 9.20 Å². The number of nitrogens with zero attached hydrogens (tertiary/aromatic N) is 4. The van der Waals surface area contributed by atoms with E-state index in [1.807, 2.05) is 22.9 Å². The van der Waals surface area contributed by atoms with Crippen LogP contribution < -0.4 is 5.32 Å². The van der Waals surface area contributed by atoms with Gasteiger partial charge < -0.3 is 9.73 Å². The Labute approximate surface area is 176 Å². The summed E-state index contributed by atoms with van der Waals surface area (Å²) in [6.45, 7) is 0.440. The maximum absolute atomic E-state index is 13.9. The first-order valence-electron chi connectivity index (χ1n) is 9.85. The van der Waals surface area contributed by atoms with Gasteiger partial charge in [0, 0.05) is 37.1 Å². The number of nitrogens with one attached hydrogen (secondary N) is 1. The summed E-state index contributed by atoms with van der Waals surface area (Å²) in [6, 6.07) is 13.4. The predicted octanol–water partition coefficient (Wildman–Crippen LogP) is 3.57. The van der Waals surface area contributed by atoms with Crippen LogP contribution in [0.3, 0.4) is 0 Å². The second-order valence-electron chi connectivity index (χ2n) is 7.12. The molecule has 2 aromatic carbocycles. The smallest absolute Gasteiger partial charge is 0.251 e. The number of carbonyl (C=O) groups is 1. The first-order chi connectivity index (χ1) is 15.2. The Balaban J connectivity index is 1.25. The highest BCUT2D eigenvalue weighted by atomic mass is 19.1. The summed E-state index contributed by atoms with van der Waals surface area (Å²) in [5, 5.41) is 2.89. The average molecular weight is 415 g/mol. The van der Waals surface area contributed by atoms with Crippen LogP contribution in [0.4, 0.5) is 4.39 Å². The molecule has 0 unspecified atom stereocenters. The Morgan fingerprint density at radius 2 is 2.03 bits per heavy atom. The fourth-order valence-corrected chi connectivity index (χ4v) is 3.40. The Morgan fingerprint density at radius 3 is 2.90 bits per heavy atom. The molecule has 0 atom stereocenters. The molecule has 31 heavy (non-hydrogen) atoms. The second kappa shape index (κ2) is 7.98. The molecule has 0 radical (unpaired) electrons. The average Bonchev–Trinajstić information content (AvgIpc) is 3.37. The van der Waals surface area contributed by atoms with Gasteiger partial charge in [0.25, 0.3) is 5.91 Å². The largest absolute Gasteiger partial charge is 0.440 e. The highest BCUT2D eigenvalue weighted by molar-refractivity contribution is 5.97. The van der Waals surface area contributed by atoms with Gasteiger partial charge in [0.15, 0.2) is 11.5 Å². The van der Waals surface area contributed by atoms with Crippen molar-refractivity contribution >= 4 is 22.8 Å². The first-order valence-corrected chi connectivity index (χ1v) is 9.85. The van der Waals surface area contributed by atoms with Crippen LogP contribution in [-0.4, -0.2) is 31.8 Å². The van der Waals surface area contributed by atoms with Gasteiger partial charge in [-0.2, -0.15) is 0 Å². The highest BCUT2D eigenvalue weighted by Gasteiger charge is 2.13. The molecule has 5 rings (SSSR count). The minimum Gasteiger partial charge on any atom is -0.440 e. The lowest BCUT2D eigenvalue weighted by Crippen LogP contribution is -2.25. The fraction of sp³-hybridized carbons (Fsp3) is 0.130. The third-order valence-corrected chi connectivity index (χ3v) is 4.95. The van der Waals surface area contributed by atoms with Crippen molar-refractivity contribution in [2.24, 2.45) is 0 Å². The monoisotopic (exact) mass is 415 g/mol. The number of amides is 1. The van der Waals surface area contributed by atoms with Crippen molar-refractivity contribution in [2.45, 2.75) is 12.8 Å². The Bertz CT molecular complexity index is 1360. The number of rotatable bonds is 6. The zero-order valence-corrected chi connectivity index (χ0v) is 16.5. The van der Waals surface area contributed by atoms with E-state index in [2.05, 4.69) is 20.3 Å². The zero-order chi connectivity index (χ0) is 21.2. The van der Waals surface area contributed by atoms with Crippen molar-refractivity contribution in [3.05, 3.63) is 95.7 Å². The van der Waals surface area contributed by atoms with Gasteiger partial charge in [-0.15, -0.1) is 0 Å². The summed E-state index contributed by atoms with van der Waals surface area (Å²) in [6.07, 6.45) is 6.30. The molecule has 0 aliphatic heterocycles. The SMILES string of the molecule is O=C(NCCc1cn2cccnc2n1)c1ccc2nc(Cc3ccccc3F)oc2c1. The molecule has 1 amide bonds. The van der Waals surface area contributed by atoms with Crippen LogP contribution in [0.2, 0.25) is 0 Å². The number of oxazole rings is 1. The number of aromatic nitrogens is 4. The Hall–Kier alpha value is -4.07. The lowest BCUT2D eigenvalue weighted by atomic mass is 10.1. The molecule has 0 spiro atoms. The Morgan fingerprint density at radius 1 is 1.13 bits per heavy atom. The molecule has 7 nitrogen and oxygen atoms in total. The van der Waals surface area contributed by atoms with E-state index >= 15 is 0 Å². The number of carbonyl (C=O) groups excluding carboxylic acids is 1. The van der Waals surface area contributed by atoms with E-state index in [-0.39, 0.29) is 18.1 Å². The van der Waals surface area contributed by atoms with Gasteiger partial charge in [0.05, 0.1) is 12.1 Å². The number of halogens is 1. The van der Waals surface area contributed by atoms with E-state index in [1.165, 1.54) is 6.07 Å². The van der Waals surface area contributed by atoms with E-state index in [1.54, 1.807) is 42.6 Å². The summed E-state index contributed by atoms with van der Waals surface area (Å²) in [7, 11) is 0. The molecule has 0 bridgehead atoms. The summed E-state index contributed by atoms with van der Waals surface area (Å²) in [4.78, 5) is 25.5. The lowest BCUT2D eigenvalue weighted by Gasteiger charge is -2.03. The van der Waals surface area contributed by atoms with Crippen LogP contribution >= 0.6 is 0 Å². The number of hydrogen-bond acceptors (Lipinski definition) is 5. The normalized spacial score (nSPS) is 11.3. The number of fused-ring (bicyclic) bond motifs is 2. The number of imidazole rings is 1. The Kier molecular flexibility index (Phi) is 4.87. The van der Waals surface area contributed by atoms with Crippen molar-refractivity contribution in [1.29, 1.82) is 0 Å². The summed E-state index contributed by atoms with van der Waals surface area (Å²) in [5.74, 6) is 0.519. The highest BCUT2D eigenvalue weighted by Crippen LogP contribution is 2.20. The molecule has 3 aromatic heterocycles. The molecule has 0 aliphatic rings. The summed E-state index contributed by atoms with van der Waals surface area (Å²) < 4.78 is 21.5. The molecule has 0 saturated carbocycles. The molecule has 0 saturated heterocycles. The molecule has 0 fully saturated rings. The lowest BCUT2D eigenvalue weighted by molar-refractivity contribution is 0.0954. The van der Waals surface area contributed by atoms with E-state index < -0.39 is 0 Å². The molecule has 3 heterocycles. The van der Waals surface area contributed by atoms with Crippen molar-refractivity contribution in [1.82, 2.24) is 24.7 Å². The topological polar surface area (TPSA) is 85.3 Å². The molecule has 0 aliphatic carbocycles. The summed E-state index contributed by atoms with van der Waals surface area (Å²) >= 11 is 0. The van der Waals surface area contributed by atoms with Gasteiger partial charge >= 0.3 is 0 Å².